The number of nitrogens with one attached hydrogen (secondary N) is 2. The Bertz CT molecular complexity index is 636. The molecule has 0 fully saturated rings. The zero-order valence-corrected chi connectivity index (χ0v) is 10.8. The number of aryl methyl sites for hydroxylation is 1. The van der Waals surface area contributed by atoms with E-state index in [-0.39, 0.29) is 5.03 Å². The van der Waals surface area contributed by atoms with Crippen molar-refractivity contribution in [2.24, 2.45) is 0 Å². The van der Waals surface area contributed by atoms with Crippen molar-refractivity contribution in [3.05, 3.63) is 36.0 Å². The van der Waals surface area contributed by atoms with E-state index in [9.17, 15) is 8.42 Å². The molecule has 6 nitrogen and oxygen atoms in total. The van der Waals surface area contributed by atoms with Gasteiger partial charge in [-0.15, -0.1) is 0 Å². The molecule has 96 valence electrons. The van der Waals surface area contributed by atoms with Gasteiger partial charge in [0.15, 0.2) is 5.03 Å². The Morgan fingerprint density at radius 3 is 2.67 bits per heavy atom. The number of aromatic amines is 1. The monoisotopic (exact) mass is 267 g/mol. The maximum Gasteiger partial charge on any atom is 0.278 e. The van der Waals surface area contributed by atoms with Gasteiger partial charge in [0.2, 0.25) is 0 Å². The first-order chi connectivity index (χ1) is 8.53. The lowest BCUT2D eigenvalue weighted by molar-refractivity contribution is 0.412. The first-order valence-corrected chi connectivity index (χ1v) is 6.68. The zero-order valence-electron chi connectivity index (χ0n) is 9.97. The summed E-state index contributed by atoms with van der Waals surface area (Å²) < 4.78 is 31.4. The molecule has 7 heteroatoms. The Balaban J connectivity index is 2.27. The highest BCUT2D eigenvalue weighted by Gasteiger charge is 2.15. The molecule has 0 aliphatic carbocycles. The molecule has 0 saturated heterocycles. The third-order valence-corrected chi connectivity index (χ3v) is 3.72. The fourth-order valence-electron chi connectivity index (χ4n) is 1.54. The van der Waals surface area contributed by atoms with Crippen molar-refractivity contribution in [3.8, 4) is 5.75 Å². The summed E-state index contributed by atoms with van der Waals surface area (Å²) in [5.74, 6) is 0.708. The predicted octanol–water partition coefficient (Wildman–Crippen LogP) is 1.53. The number of sulfonamides is 1. The molecule has 0 atom stereocenters. The summed E-state index contributed by atoms with van der Waals surface area (Å²) in [7, 11) is -2.05. The van der Waals surface area contributed by atoms with Crippen LogP contribution in [0, 0.1) is 6.92 Å². The van der Waals surface area contributed by atoms with Crippen molar-refractivity contribution in [3.63, 3.8) is 0 Å². The minimum atomic E-state index is -3.62. The summed E-state index contributed by atoms with van der Waals surface area (Å²) >= 11 is 0. The normalized spacial score (nSPS) is 11.2. The minimum Gasteiger partial charge on any atom is -0.496 e. The van der Waals surface area contributed by atoms with Crippen LogP contribution >= 0.6 is 0 Å². The molecule has 18 heavy (non-hydrogen) atoms. The van der Waals surface area contributed by atoms with E-state index in [2.05, 4.69) is 14.9 Å². The number of nitrogens with zero attached hydrogens (tertiary/aromatic N) is 1. The molecule has 2 N–H and O–H groups in total. The van der Waals surface area contributed by atoms with E-state index in [1.165, 1.54) is 12.3 Å². The number of H-pyrrole nitrogens is 1. The average molecular weight is 267 g/mol. The lowest BCUT2D eigenvalue weighted by Gasteiger charge is -2.09. The molecule has 2 rings (SSSR count). The first-order valence-electron chi connectivity index (χ1n) is 5.20. The summed E-state index contributed by atoms with van der Waals surface area (Å²) in [5, 5.41) is 6.04. The molecule has 0 aliphatic heterocycles. The Labute approximate surface area is 105 Å². The summed E-state index contributed by atoms with van der Waals surface area (Å²) in [6.45, 7) is 1.84. The second kappa shape index (κ2) is 4.69. The van der Waals surface area contributed by atoms with Crippen LogP contribution in [0.3, 0.4) is 0 Å². The number of ether oxygens (including phenoxy) is 1. The Kier molecular flexibility index (Phi) is 3.24. The zero-order chi connectivity index (χ0) is 13.2. The van der Waals surface area contributed by atoms with Gasteiger partial charge >= 0.3 is 0 Å². The topological polar surface area (TPSA) is 84.1 Å². The van der Waals surface area contributed by atoms with Crippen LogP contribution in [0.15, 0.2) is 35.5 Å². The van der Waals surface area contributed by atoms with Crippen LogP contribution in [0.2, 0.25) is 0 Å². The third-order valence-electron chi connectivity index (χ3n) is 2.41. The van der Waals surface area contributed by atoms with Gasteiger partial charge in [0, 0.05) is 5.69 Å². The molecular formula is C11H13N3O3S. The van der Waals surface area contributed by atoms with E-state index in [0.717, 1.165) is 5.56 Å². The Hall–Kier alpha value is -2.02. The van der Waals surface area contributed by atoms with Gasteiger partial charge in [-0.1, -0.05) is 0 Å². The smallest absolute Gasteiger partial charge is 0.278 e. The fraction of sp³-hybridized carbons (Fsp3) is 0.182. The van der Waals surface area contributed by atoms with E-state index in [1.807, 2.05) is 6.92 Å². The molecule has 1 aromatic heterocycles. The van der Waals surface area contributed by atoms with Gasteiger partial charge in [0.05, 0.1) is 13.3 Å². The lowest BCUT2D eigenvalue weighted by Crippen LogP contribution is -2.13. The van der Waals surface area contributed by atoms with Crippen molar-refractivity contribution >= 4 is 15.7 Å². The van der Waals surface area contributed by atoms with Crippen LogP contribution in [-0.2, 0) is 10.0 Å². The van der Waals surface area contributed by atoms with Crippen LogP contribution in [0.1, 0.15) is 5.56 Å². The molecule has 0 radical (unpaired) electrons. The molecule has 2 aromatic rings. The quantitative estimate of drug-likeness (QED) is 0.879. The van der Waals surface area contributed by atoms with Crippen LogP contribution in [0.4, 0.5) is 5.69 Å². The minimum absolute atomic E-state index is 0.0240. The van der Waals surface area contributed by atoms with Crippen molar-refractivity contribution in [1.29, 1.82) is 0 Å². The van der Waals surface area contributed by atoms with E-state index in [0.29, 0.717) is 11.4 Å². The van der Waals surface area contributed by atoms with Crippen molar-refractivity contribution in [2.45, 2.75) is 11.9 Å². The van der Waals surface area contributed by atoms with E-state index in [4.69, 9.17) is 4.74 Å². The molecule has 0 unspecified atom stereocenters. The molecule has 1 heterocycles. The number of hydrogen-bond acceptors (Lipinski definition) is 4. The number of hydrogen-bond donors (Lipinski definition) is 2. The summed E-state index contributed by atoms with van der Waals surface area (Å²) in [6, 6.07) is 6.44. The molecule has 0 aliphatic rings. The summed E-state index contributed by atoms with van der Waals surface area (Å²) in [6.07, 6.45) is 1.38. The van der Waals surface area contributed by atoms with Gasteiger partial charge in [-0.3, -0.25) is 9.82 Å². The number of aromatic nitrogens is 2. The Morgan fingerprint density at radius 1 is 1.33 bits per heavy atom. The van der Waals surface area contributed by atoms with E-state index in [1.54, 1.807) is 25.3 Å². The van der Waals surface area contributed by atoms with Gasteiger partial charge in [-0.05, 0) is 36.8 Å². The van der Waals surface area contributed by atoms with Gasteiger partial charge in [-0.25, -0.2) is 0 Å². The third kappa shape index (κ3) is 2.45. The maximum absolute atomic E-state index is 11.9. The second-order valence-electron chi connectivity index (χ2n) is 3.71. The van der Waals surface area contributed by atoms with Crippen LogP contribution < -0.4 is 9.46 Å². The highest BCUT2D eigenvalue weighted by molar-refractivity contribution is 7.92. The molecule has 0 spiro atoms. The summed E-state index contributed by atoms with van der Waals surface area (Å²) in [5.41, 5.74) is 1.32. The fourth-order valence-corrected chi connectivity index (χ4v) is 2.50. The standard InChI is InChI=1S/C11H13N3O3S/c1-8-7-9(3-4-10(8)17-2)14-18(15,16)11-5-6-12-13-11/h3-7,14H,1-2H3,(H,12,13). The maximum atomic E-state index is 11.9. The summed E-state index contributed by atoms with van der Waals surface area (Å²) in [4.78, 5) is 0. The van der Waals surface area contributed by atoms with Gasteiger partial charge in [0.25, 0.3) is 10.0 Å². The van der Waals surface area contributed by atoms with Gasteiger partial charge in [-0.2, -0.15) is 13.5 Å². The van der Waals surface area contributed by atoms with Crippen molar-refractivity contribution in [1.82, 2.24) is 10.2 Å². The van der Waals surface area contributed by atoms with Gasteiger partial charge in [0.1, 0.15) is 5.75 Å². The SMILES string of the molecule is COc1ccc(NS(=O)(=O)c2ccn[nH]2)cc1C. The number of methoxy groups -OCH3 is 1. The Morgan fingerprint density at radius 2 is 2.11 bits per heavy atom. The second-order valence-corrected chi connectivity index (χ2v) is 5.36. The molecule has 0 amide bonds. The predicted molar refractivity (Wildman–Crippen MR) is 67.1 cm³/mol. The first kappa shape index (κ1) is 12.4. The van der Waals surface area contributed by atoms with Crippen LogP contribution in [0.5, 0.6) is 5.75 Å². The van der Waals surface area contributed by atoms with Crippen molar-refractivity contribution in [2.75, 3.05) is 11.8 Å². The number of anilines is 1. The van der Waals surface area contributed by atoms with Crippen LogP contribution in [0.25, 0.3) is 0 Å². The van der Waals surface area contributed by atoms with E-state index >= 15 is 0 Å². The molecule has 1 aromatic carbocycles. The highest BCUT2D eigenvalue weighted by atomic mass is 32.2. The molecular weight excluding hydrogens is 254 g/mol. The average Bonchev–Trinajstić information content (AvgIpc) is 2.82. The molecule has 0 saturated carbocycles. The van der Waals surface area contributed by atoms with Gasteiger partial charge < -0.3 is 4.74 Å². The highest BCUT2D eigenvalue weighted by Crippen LogP contribution is 2.23. The van der Waals surface area contributed by atoms with E-state index < -0.39 is 10.0 Å². The number of benzene rings is 1. The number of rotatable bonds is 4. The lowest BCUT2D eigenvalue weighted by atomic mass is 10.2. The van der Waals surface area contributed by atoms with Crippen molar-refractivity contribution < 1.29 is 13.2 Å². The largest absolute Gasteiger partial charge is 0.496 e. The van der Waals surface area contributed by atoms with Crippen LogP contribution in [-0.4, -0.2) is 25.7 Å². The molecule has 0 bridgehead atoms.